The van der Waals surface area contributed by atoms with Gasteiger partial charge in [0, 0.05) is 12.1 Å². The molecule has 0 aliphatic heterocycles. The lowest BCUT2D eigenvalue weighted by molar-refractivity contribution is -0.385. The van der Waals surface area contributed by atoms with Crippen molar-refractivity contribution >= 4 is 23.3 Å². The number of hydrogen-bond acceptors (Lipinski definition) is 10. The van der Waals surface area contributed by atoms with Crippen LogP contribution < -0.4 is 18.9 Å². The Morgan fingerprint density at radius 1 is 0.711 bits per heavy atom. The SMILES string of the molecule is CCCCOc1cc(C(=O)O)c([N+](=O)[O-])cc1OCCCCCOc1cc([N+](=O)[O-])c(C(=O)O)cc1OC. The monoisotopic (exact) mass is 536 g/mol. The van der Waals surface area contributed by atoms with Gasteiger partial charge in [0.25, 0.3) is 11.4 Å². The highest BCUT2D eigenvalue weighted by molar-refractivity contribution is 5.94. The second-order valence-electron chi connectivity index (χ2n) is 7.92. The third-order valence-corrected chi connectivity index (χ3v) is 5.26. The van der Waals surface area contributed by atoms with E-state index in [0.717, 1.165) is 30.7 Å². The molecule has 0 aliphatic carbocycles. The third kappa shape index (κ3) is 7.94. The van der Waals surface area contributed by atoms with Crippen molar-refractivity contribution in [1.82, 2.24) is 0 Å². The van der Waals surface area contributed by atoms with Crippen LogP contribution in [0.15, 0.2) is 24.3 Å². The highest BCUT2D eigenvalue weighted by atomic mass is 16.6. The number of hydrogen-bond donors (Lipinski definition) is 2. The minimum atomic E-state index is -1.47. The molecule has 2 aromatic rings. The van der Waals surface area contributed by atoms with E-state index in [-0.39, 0.29) is 42.8 Å². The molecule has 0 fully saturated rings. The number of benzene rings is 2. The second kappa shape index (κ2) is 14.2. The lowest BCUT2D eigenvalue weighted by atomic mass is 10.1. The van der Waals surface area contributed by atoms with Crippen LogP contribution in [0.4, 0.5) is 11.4 Å². The van der Waals surface area contributed by atoms with Gasteiger partial charge in [0.15, 0.2) is 23.0 Å². The molecule has 0 radical (unpaired) electrons. The lowest BCUT2D eigenvalue weighted by Crippen LogP contribution is -2.08. The molecule has 206 valence electrons. The number of nitro groups is 2. The Balaban J connectivity index is 1.98. The van der Waals surface area contributed by atoms with E-state index in [4.69, 9.17) is 18.9 Å². The number of methoxy groups -OCH3 is 1. The first-order chi connectivity index (χ1) is 18.1. The molecular weight excluding hydrogens is 508 g/mol. The summed E-state index contributed by atoms with van der Waals surface area (Å²) in [6.07, 6.45) is 3.12. The Labute approximate surface area is 217 Å². The van der Waals surface area contributed by atoms with Crippen LogP contribution in [0.2, 0.25) is 0 Å². The maximum Gasteiger partial charge on any atom is 0.342 e. The van der Waals surface area contributed by atoms with Gasteiger partial charge in [-0.1, -0.05) is 13.3 Å². The van der Waals surface area contributed by atoms with Crippen LogP contribution in [0.25, 0.3) is 0 Å². The normalized spacial score (nSPS) is 10.5. The summed E-state index contributed by atoms with van der Waals surface area (Å²) in [5.74, 6) is -2.70. The molecule has 14 heteroatoms. The van der Waals surface area contributed by atoms with Gasteiger partial charge >= 0.3 is 11.9 Å². The Hall–Kier alpha value is -4.62. The number of nitrogens with zero attached hydrogens (tertiary/aromatic N) is 2. The Morgan fingerprint density at radius 3 is 1.50 bits per heavy atom. The van der Waals surface area contributed by atoms with Crippen molar-refractivity contribution in [3.05, 3.63) is 55.6 Å². The molecule has 0 unspecified atom stereocenters. The Kier molecular flexibility index (Phi) is 11.1. The first-order valence-corrected chi connectivity index (χ1v) is 11.6. The van der Waals surface area contributed by atoms with Crippen molar-refractivity contribution in [3.8, 4) is 23.0 Å². The van der Waals surface area contributed by atoms with Crippen LogP contribution in [0.3, 0.4) is 0 Å². The fraction of sp³-hybridized carbons (Fsp3) is 0.417. The maximum atomic E-state index is 11.4. The summed E-state index contributed by atoms with van der Waals surface area (Å²) in [7, 11) is 1.28. The number of carboxylic acid groups (broad SMARTS) is 2. The van der Waals surface area contributed by atoms with Crippen LogP contribution in [0, 0.1) is 20.2 Å². The number of carboxylic acids is 2. The summed E-state index contributed by atoms with van der Waals surface area (Å²) in [5.41, 5.74) is -2.26. The van der Waals surface area contributed by atoms with Crippen LogP contribution in [-0.2, 0) is 0 Å². The zero-order chi connectivity index (χ0) is 28.2. The summed E-state index contributed by atoms with van der Waals surface area (Å²) in [5, 5.41) is 41.0. The molecule has 14 nitrogen and oxygen atoms in total. The first kappa shape index (κ1) is 29.6. The molecule has 0 bridgehead atoms. The van der Waals surface area contributed by atoms with Gasteiger partial charge in [0.1, 0.15) is 11.1 Å². The molecule has 0 spiro atoms. The summed E-state index contributed by atoms with van der Waals surface area (Å²) >= 11 is 0. The molecule has 0 aliphatic rings. The molecular formula is C24H28N2O12. The highest BCUT2D eigenvalue weighted by Crippen LogP contribution is 2.36. The Morgan fingerprint density at radius 2 is 1.11 bits per heavy atom. The van der Waals surface area contributed by atoms with Crippen LogP contribution in [0.5, 0.6) is 23.0 Å². The van der Waals surface area contributed by atoms with Gasteiger partial charge in [-0.15, -0.1) is 0 Å². The van der Waals surface area contributed by atoms with Gasteiger partial charge in [0.2, 0.25) is 0 Å². The maximum absolute atomic E-state index is 11.4. The predicted molar refractivity (Wildman–Crippen MR) is 132 cm³/mol. The standard InChI is InChI=1S/C24H28N2O12/c1-3-4-8-36-20-12-16(24(29)30)18(26(33)34)14-22(20)38-10-7-5-6-9-37-21-13-17(25(31)32)15(23(27)28)11-19(21)35-2/h11-14H,3-10H2,1-2H3,(H,27,28)(H,29,30). The van der Waals surface area contributed by atoms with Crippen LogP contribution in [0.1, 0.15) is 59.7 Å². The van der Waals surface area contributed by atoms with Crippen LogP contribution >= 0.6 is 0 Å². The van der Waals surface area contributed by atoms with E-state index in [1.54, 1.807) is 0 Å². The summed E-state index contributed by atoms with van der Waals surface area (Å²) in [6, 6.07) is 4.15. The second-order valence-corrected chi connectivity index (χ2v) is 7.92. The number of aromatic carboxylic acids is 2. The minimum absolute atomic E-state index is 0.0279. The minimum Gasteiger partial charge on any atom is -0.493 e. The van der Waals surface area contributed by atoms with Gasteiger partial charge in [0.05, 0.1) is 48.9 Å². The molecule has 0 aromatic heterocycles. The van der Waals surface area contributed by atoms with Crippen molar-refractivity contribution in [2.24, 2.45) is 0 Å². The number of unbranched alkanes of at least 4 members (excludes halogenated alkanes) is 3. The van der Waals surface area contributed by atoms with Crippen molar-refractivity contribution in [3.63, 3.8) is 0 Å². The van der Waals surface area contributed by atoms with E-state index >= 15 is 0 Å². The van der Waals surface area contributed by atoms with Gasteiger partial charge < -0.3 is 29.2 Å². The van der Waals surface area contributed by atoms with Crippen molar-refractivity contribution in [2.75, 3.05) is 26.9 Å². The average Bonchev–Trinajstić information content (AvgIpc) is 2.87. The van der Waals surface area contributed by atoms with Crippen LogP contribution in [-0.4, -0.2) is 58.9 Å². The number of nitro benzene ring substituents is 2. The summed E-state index contributed by atoms with van der Waals surface area (Å²) < 4.78 is 21.9. The van der Waals surface area contributed by atoms with Crippen molar-refractivity contribution < 1.29 is 48.6 Å². The molecule has 0 heterocycles. The largest absolute Gasteiger partial charge is 0.493 e. The van der Waals surface area contributed by atoms with E-state index in [0.29, 0.717) is 25.7 Å². The molecule has 2 rings (SSSR count). The van der Waals surface area contributed by atoms with Gasteiger partial charge in [-0.05, 0) is 25.7 Å². The molecule has 0 saturated heterocycles. The van der Waals surface area contributed by atoms with Gasteiger partial charge in [-0.25, -0.2) is 9.59 Å². The number of rotatable bonds is 17. The molecule has 0 amide bonds. The topological polar surface area (TPSA) is 198 Å². The van der Waals surface area contributed by atoms with E-state index in [2.05, 4.69) is 0 Å². The lowest BCUT2D eigenvalue weighted by Gasteiger charge is -2.14. The van der Waals surface area contributed by atoms with Crippen molar-refractivity contribution in [1.29, 1.82) is 0 Å². The molecule has 0 atom stereocenters. The highest BCUT2D eigenvalue weighted by Gasteiger charge is 2.25. The molecule has 2 aromatic carbocycles. The van der Waals surface area contributed by atoms with Crippen molar-refractivity contribution in [2.45, 2.75) is 39.0 Å². The molecule has 38 heavy (non-hydrogen) atoms. The van der Waals surface area contributed by atoms with E-state index in [1.807, 2.05) is 6.92 Å². The number of carbonyl (C=O) groups is 2. The fourth-order valence-electron chi connectivity index (χ4n) is 3.31. The summed E-state index contributed by atoms with van der Waals surface area (Å²) in [4.78, 5) is 43.6. The van der Waals surface area contributed by atoms with E-state index in [1.165, 1.54) is 7.11 Å². The van der Waals surface area contributed by atoms with E-state index in [9.17, 15) is 40.0 Å². The number of ether oxygens (including phenoxy) is 4. The summed E-state index contributed by atoms with van der Waals surface area (Å²) in [6.45, 7) is 2.53. The smallest absolute Gasteiger partial charge is 0.342 e. The van der Waals surface area contributed by atoms with Gasteiger partial charge in [-0.3, -0.25) is 20.2 Å². The molecule has 2 N–H and O–H groups in total. The zero-order valence-corrected chi connectivity index (χ0v) is 20.8. The fourth-order valence-corrected chi connectivity index (χ4v) is 3.31. The average molecular weight is 536 g/mol. The predicted octanol–water partition coefficient (Wildman–Crippen LogP) is 4.72. The van der Waals surface area contributed by atoms with Gasteiger partial charge in [-0.2, -0.15) is 0 Å². The quantitative estimate of drug-likeness (QED) is 0.160. The molecule has 0 saturated carbocycles. The first-order valence-electron chi connectivity index (χ1n) is 11.6. The Bertz CT molecular complexity index is 1180. The third-order valence-electron chi connectivity index (χ3n) is 5.26. The zero-order valence-electron chi connectivity index (χ0n) is 20.8. The van der Waals surface area contributed by atoms with E-state index < -0.39 is 44.3 Å².